The summed E-state index contributed by atoms with van der Waals surface area (Å²) >= 11 is 0. The summed E-state index contributed by atoms with van der Waals surface area (Å²) in [7, 11) is -3.00. The van der Waals surface area contributed by atoms with Gasteiger partial charge in [0.2, 0.25) is 0 Å². The van der Waals surface area contributed by atoms with E-state index >= 15 is 0 Å². The summed E-state index contributed by atoms with van der Waals surface area (Å²) in [6.07, 6.45) is 4.17. The first-order valence-corrected chi connectivity index (χ1v) is 8.88. The molecule has 0 bridgehead atoms. The summed E-state index contributed by atoms with van der Waals surface area (Å²) < 4.78 is 21.7. The van der Waals surface area contributed by atoms with Gasteiger partial charge in [-0.05, 0) is 42.5 Å². The molecule has 112 valence electrons. The fourth-order valence-corrected chi connectivity index (χ4v) is 3.05. The van der Waals surface area contributed by atoms with E-state index in [1.54, 1.807) is 30.3 Å². The molecule has 2 aromatic rings. The van der Waals surface area contributed by atoms with Gasteiger partial charge in [0.1, 0.15) is 0 Å². The Kier molecular flexibility index (Phi) is 5.15. The number of benzene rings is 2. The van der Waals surface area contributed by atoms with Crippen molar-refractivity contribution in [3.05, 3.63) is 65.7 Å². The average Bonchev–Trinajstić information content (AvgIpc) is 2.49. The third-order valence-electron chi connectivity index (χ3n) is 3.51. The molecule has 21 heavy (non-hydrogen) atoms. The van der Waals surface area contributed by atoms with Crippen LogP contribution in [0.3, 0.4) is 0 Å². The Bertz CT molecular complexity index is 678. The van der Waals surface area contributed by atoms with Crippen molar-refractivity contribution in [2.24, 2.45) is 0 Å². The normalized spacial score (nSPS) is 17.3. The van der Waals surface area contributed by atoms with Gasteiger partial charge < -0.3 is 5.11 Å². The molecule has 1 aliphatic carbocycles. The van der Waals surface area contributed by atoms with Crippen LogP contribution in [0.15, 0.2) is 59.5 Å². The fraction of sp³-hybridized carbons (Fsp3) is 0.294. The molecule has 0 spiro atoms. The summed E-state index contributed by atoms with van der Waals surface area (Å²) in [5.41, 5.74) is 2.46. The number of hydrogen-bond acceptors (Lipinski definition) is 3. The zero-order valence-electron chi connectivity index (χ0n) is 12.1. The van der Waals surface area contributed by atoms with Gasteiger partial charge in [-0.15, -0.1) is 0 Å². The standard InChI is InChI=1S/C10H12O.C7H8O2S/c11-10-7-3-5-8-4-1-2-6-9(8)10;1-10(8,9)7-5-3-2-4-6-7/h1-2,4,6,10-11H,3,5,7H2;2-6H,1H3/t10-;/m0./s1. The zero-order chi connectivity index (χ0) is 15.3. The molecule has 0 aliphatic heterocycles. The van der Waals surface area contributed by atoms with Crippen LogP contribution in [0.1, 0.15) is 30.1 Å². The molecular formula is C17H20O3S. The van der Waals surface area contributed by atoms with Gasteiger partial charge in [0.05, 0.1) is 11.0 Å². The Morgan fingerprint density at radius 2 is 1.62 bits per heavy atom. The first-order valence-electron chi connectivity index (χ1n) is 6.99. The Balaban J connectivity index is 0.000000155. The summed E-state index contributed by atoms with van der Waals surface area (Å²) in [5, 5.41) is 9.56. The van der Waals surface area contributed by atoms with Crippen LogP contribution in [-0.2, 0) is 16.3 Å². The Hall–Kier alpha value is -1.65. The van der Waals surface area contributed by atoms with Gasteiger partial charge in [-0.25, -0.2) is 8.42 Å². The van der Waals surface area contributed by atoms with Gasteiger partial charge in [0.15, 0.2) is 9.84 Å². The molecule has 0 saturated heterocycles. The van der Waals surface area contributed by atoms with Crippen molar-refractivity contribution in [1.29, 1.82) is 0 Å². The molecule has 0 fully saturated rings. The SMILES string of the molecule is CS(=O)(=O)c1ccccc1.O[C@H]1CCCc2ccccc21. The lowest BCUT2D eigenvalue weighted by Crippen LogP contribution is -2.08. The van der Waals surface area contributed by atoms with Crippen LogP contribution in [0.25, 0.3) is 0 Å². The maximum atomic E-state index is 10.8. The summed E-state index contributed by atoms with van der Waals surface area (Å²) in [6.45, 7) is 0. The van der Waals surface area contributed by atoms with E-state index in [0.29, 0.717) is 4.90 Å². The van der Waals surface area contributed by atoms with Crippen LogP contribution >= 0.6 is 0 Å². The maximum Gasteiger partial charge on any atom is 0.175 e. The highest BCUT2D eigenvalue weighted by molar-refractivity contribution is 7.90. The van der Waals surface area contributed by atoms with Gasteiger partial charge >= 0.3 is 0 Å². The number of aliphatic hydroxyl groups excluding tert-OH is 1. The van der Waals surface area contributed by atoms with Crippen molar-refractivity contribution >= 4 is 9.84 Å². The van der Waals surface area contributed by atoms with Crippen LogP contribution in [0.2, 0.25) is 0 Å². The van der Waals surface area contributed by atoms with Crippen LogP contribution in [0, 0.1) is 0 Å². The lowest BCUT2D eigenvalue weighted by Gasteiger charge is -2.20. The highest BCUT2D eigenvalue weighted by Crippen LogP contribution is 2.28. The second kappa shape index (κ2) is 6.87. The Labute approximate surface area is 126 Å². The smallest absolute Gasteiger partial charge is 0.175 e. The molecule has 4 heteroatoms. The van der Waals surface area contributed by atoms with Crippen LogP contribution < -0.4 is 0 Å². The van der Waals surface area contributed by atoms with Crippen molar-refractivity contribution < 1.29 is 13.5 Å². The maximum absolute atomic E-state index is 10.8. The quantitative estimate of drug-likeness (QED) is 0.880. The third-order valence-corrected chi connectivity index (χ3v) is 4.64. The Morgan fingerprint density at radius 1 is 1.00 bits per heavy atom. The number of hydrogen-bond donors (Lipinski definition) is 1. The number of sulfone groups is 1. The van der Waals surface area contributed by atoms with Gasteiger partial charge in [-0.3, -0.25) is 0 Å². The molecule has 3 rings (SSSR count). The van der Waals surface area contributed by atoms with Gasteiger partial charge in [0, 0.05) is 6.26 Å². The summed E-state index contributed by atoms with van der Waals surface area (Å²) in [6, 6.07) is 16.5. The monoisotopic (exact) mass is 304 g/mol. The predicted molar refractivity (Wildman–Crippen MR) is 83.9 cm³/mol. The van der Waals surface area contributed by atoms with E-state index in [4.69, 9.17) is 0 Å². The van der Waals surface area contributed by atoms with E-state index < -0.39 is 9.84 Å². The predicted octanol–water partition coefficient (Wildman–Crippen LogP) is 3.15. The zero-order valence-corrected chi connectivity index (χ0v) is 12.9. The topological polar surface area (TPSA) is 54.4 Å². The van der Waals surface area contributed by atoms with Crippen LogP contribution in [0.5, 0.6) is 0 Å². The van der Waals surface area contributed by atoms with E-state index in [-0.39, 0.29) is 6.10 Å². The second-order valence-corrected chi connectivity index (χ2v) is 7.21. The highest BCUT2D eigenvalue weighted by Gasteiger charge is 2.15. The lowest BCUT2D eigenvalue weighted by molar-refractivity contribution is 0.156. The van der Waals surface area contributed by atoms with Crippen molar-refractivity contribution in [2.75, 3.05) is 6.26 Å². The molecule has 3 nitrogen and oxygen atoms in total. The van der Waals surface area contributed by atoms with Crippen molar-refractivity contribution in [3.8, 4) is 0 Å². The Morgan fingerprint density at radius 3 is 2.19 bits per heavy atom. The van der Waals surface area contributed by atoms with Gasteiger partial charge in [-0.1, -0.05) is 42.5 Å². The lowest BCUT2D eigenvalue weighted by atomic mass is 9.90. The van der Waals surface area contributed by atoms with Crippen LogP contribution in [-0.4, -0.2) is 19.8 Å². The first kappa shape index (κ1) is 15.7. The van der Waals surface area contributed by atoms with Gasteiger partial charge in [-0.2, -0.15) is 0 Å². The van der Waals surface area contributed by atoms with E-state index in [0.717, 1.165) is 24.8 Å². The van der Waals surface area contributed by atoms with E-state index in [1.807, 2.05) is 18.2 Å². The molecule has 0 aromatic heterocycles. The summed E-state index contributed by atoms with van der Waals surface area (Å²) in [5.74, 6) is 0. The van der Waals surface area contributed by atoms with E-state index in [9.17, 15) is 13.5 Å². The average molecular weight is 304 g/mol. The molecule has 2 aromatic carbocycles. The molecule has 0 unspecified atom stereocenters. The molecule has 0 heterocycles. The molecule has 1 N–H and O–H groups in total. The van der Waals surface area contributed by atoms with Crippen molar-refractivity contribution in [1.82, 2.24) is 0 Å². The van der Waals surface area contributed by atoms with Crippen LogP contribution in [0.4, 0.5) is 0 Å². The first-order chi connectivity index (χ1) is 9.98. The molecular weight excluding hydrogens is 284 g/mol. The van der Waals surface area contributed by atoms with Crippen molar-refractivity contribution in [3.63, 3.8) is 0 Å². The minimum atomic E-state index is -3.00. The number of aliphatic hydroxyl groups is 1. The fourth-order valence-electron chi connectivity index (χ4n) is 2.40. The second-order valence-electron chi connectivity index (χ2n) is 5.19. The molecule has 0 saturated carbocycles. The third kappa shape index (κ3) is 4.41. The number of fused-ring (bicyclic) bond motifs is 1. The largest absolute Gasteiger partial charge is 0.388 e. The van der Waals surface area contributed by atoms with Crippen molar-refractivity contribution in [2.45, 2.75) is 30.3 Å². The molecule has 1 aliphatic rings. The molecule has 1 atom stereocenters. The minimum absolute atomic E-state index is 0.208. The number of aryl methyl sites for hydroxylation is 1. The highest BCUT2D eigenvalue weighted by atomic mass is 32.2. The van der Waals surface area contributed by atoms with E-state index in [1.165, 1.54) is 11.8 Å². The minimum Gasteiger partial charge on any atom is -0.388 e. The summed E-state index contributed by atoms with van der Waals surface area (Å²) in [4.78, 5) is 0.370. The number of rotatable bonds is 1. The molecule has 0 amide bonds. The van der Waals surface area contributed by atoms with E-state index in [2.05, 4.69) is 6.07 Å². The van der Waals surface area contributed by atoms with Gasteiger partial charge in [0.25, 0.3) is 0 Å². The molecule has 0 radical (unpaired) electrons.